The van der Waals surface area contributed by atoms with Gasteiger partial charge in [0.2, 0.25) is 0 Å². The van der Waals surface area contributed by atoms with Crippen molar-refractivity contribution in [3.8, 4) is 0 Å². The number of nitrogens with one attached hydrogen (secondary N) is 1. The maximum atomic E-state index is 12.4. The molecule has 0 atom stereocenters. The summed E-state index contributed by atoms with van der Waals surface area (Å²) < 4.78 is 1.63. The Kier molecular flexibility index (Phi) is 3.83. The second kappa shape index (κ2) is 4.63. The predicted octanol–water partition coefficient (Wildman–Crippen LogP) is 1.96. The molecule has 0 saturated heterocycles. The van der Waals surface area contributed by atoms with Crippen LogP contribution in [0.4, 0.5) is 5.82 Å². The van der Waals surface area contributed by atoms with Crippen LogP contribution in [0, 0.1) is 0 Å². The molecule has 0 aliphatic heterocycles. The van der Waals surface area contributed by atoms with Crippen molar-refractivity contribution in [3.63, 3.8) is 0 Å². The second-order valence-corrected chi connectivity index (χ2v) is 6.93. The Hall–Kier alpha value is -1.36. The maximum Gasteiger partial charge on any atom is 0.293 e. The third-order valence-corrected chi connectivity index (χ3v) is 3.52. The molecule has 0 spiro atoms. The lowest BCUT2D eigenvalue weighted by atomic mass is 9.86. The molecule has 0 aliphatic carbocycles. The lowest BCUT2D eigenvalue weighted by molar-refractivity contribution is 0.0238. The third kappa shape index (κ3) is 3.35. The fraction of sp³-hybridized carbons (Fsp3) is 0.714. The second-order valence-electron chi connectivity index (χ2n) is 6.93. The highest BCUT2D eigenvalue weighted by atomic mass is 16.3. The van der Waals surface area contributed by atoms with Gasteiger partial charge in [0.05, 0.1) is 11.1 Å². The molecule has 0 radical (unpaired) electrons. The molecule has 2 N–H and O–H groups in total. The van der Waals surface area contributed by atoms with Crippen LogP contribution in [0.2, 0.25) is 0 Å². The van der Waals surface area contributed by atoms with E-state index in [-0.39, 0.29) is 16.9 Å². The molecule has 0 amide bonds. The zero-order valence-corrected chi connectivity index (χ0v) is 12.9. The molecule has 5 nitrogen and oxygen atoms in total. The first kappa shape index (κ1) is 15.7. The van der Waals surface area contributed by atoms with E-state index in [1.54, 1.807) is 30.8 Å². The van der Waals surface area contributed by atoms with E-state index in [0.29, 0.717) is 0 Å². The van der Waals surface area contributed by atoms with Crippen molar-refractivity contribution in [2.75, 3.05) is 5.32 Å². The monoisotopic (exact) mass is 267 g/mol. The van der Waals surface area contributed by atoms with Gasteiger partial charge in [0.25, 0.3) is 5.56 Å². The summed E-state index contributed by atoms with van der Waals surface area (Å²) in [5, 5.41) is 13.2. The van der Waals surface area contributed by atoms with Gasteiger partial charge in [-0.2, -0.15) is 0 Å². The Morgan fingerprint density at radius 2 is 1.68 bits per heavy atom. The molecule has 1 rings (SSSR count). The average Bonchev–Trinajstić information content (AvgIpc) is 2.17. The van der Waals surface area contributed by atoms with Crippen LogP contribution in [-0.2, 0) is 5.54 Å². The van der Waals surface area contributed by atoms with Crippen LogP contribution in [0.1, 0.15) is 48.5 Å². The summed E-state index contributed by atoms with van der Waals surface area (Å²) in [6.45, 7) is 12.9. The number of hydrogen-bond acceptors (Lipinski definition) is 4. The van der Waals surface area contributed by atoms with Crippen molar-refractivity contribution < 1.29 is 5.11 Å². The van der Waals surface area contributed by atoms with Crippen LogP contribution in [0.15, 0.2) is 17.2 Å². The van der Waals surface area contributed by atoms with E-state index in [0.717, 1.165) is 0 Å². The van der Waals surface area contributed by atoms with Crippen LogP contribution in [0.25, 0.3) is 0 Å². The molecule has 0 aromatic carbocycles. The van der Waals surface area contributed by atoms with Crippen LogP contribution in [-0.4, -0.2) is 25.8 Å². The van der Waals surface area contributed by atoms with Crippen molar-refractivity contribution in [3.05, 3.63) is 22.7 Å². The first-order chi connectivity index (χ1) is 8.36. The van der Waals surface area contributed by atoms with Gasteiger partial charge < -0.3 is 15.0 Å². The van der Waals surface area contributed by atoms with E-state index in [1.165, 1.54) is 0 Å². The van der Waals surface area contributed by atoms with Gasteiger partial charge in [-0.3, -0.25) is 4.79 Å². The zero-order valence-electron chi connectivity index (χ0n) is 12.9. The molecule has 0 unspecified atom stereocenters. The summed E-state index contributed by atoms with van der Waals surface area (Å²) in [5.41, 5.74) is -2.15. The summed E-state index contributed by atoms with van der Waals surface area (Å²) in [7, 11) is 0. The molecular weight excluding hydrogens is 242 g/mol. The van der Waals surface area contributed by atoms with Crippen LogP contribution < -0.4 is 10.9 Å². The Bertz CT molecular complexity index is 505. The summed E-state index contributed by atoms with van der Waals surface area (Å²) >= 11 is 0. The highest BCUT2D eigenvalue weighted by Gasteiger charge is 2.36. The van der Waals surface area contributed by atoms with Gasteiger partial charge in [0.1, 0.15) is 0 Å². The molecule has 0 fully saturated rings. The fourth-order valence-corrected chi connectivity index (χ4v) is 1.47. The normalized spacial score (nSPS) is 13.5. The van der Waals surface area contributed by atoms with Crippen molar-refractivity contribution in [2.45, 2.75) is 65.1 Å². The largest absolute Gasteiger partial charge is 0.388 e. The fourth-order valence-electron chi connectivity index (χ4n) is 1.47. The summed E-state index contributed by atoms with van der Waals surface area (Å²) in [5.74, 6) is 0.254. The van der Waals surface area contributed by atoms with E-state index in [9.17, 15) is 9.90 Å². The van der Waals surface area contributed by atoms with Gasteiger partial charge in [0, 0.05) is 17.9 Å². The van der Waals surface area contributed by atoms with Crippen molar-refractivity contribution >= 4 is 5.82 Å². The van der Waals surface area contributed by atoms with Crippen LogP contribution in [0.3, 0.4) is 0 Å². The molecule has 5 heteroatoms. The van der Waals surface area contributed by atoms with Crippen molar-refractivity contribution in [2.24, 2.45) is 0 Å². The predicted molar refractivity (Wildman–Crippen MR) is 77.5 cm³/mol. The smallest absolute Gasteiger partial charge is 0.293 e. The average molecular weight is 267 g/mol. The molecular formula is C14H25N3O2. The van der Waals surface area contributed by atoms with E-state index in [4.69, 9.17) is 0 Å². The zero-order chi connectivity index (χ0) is 15.1. The lowest BCUT2D eigenvalue weighted by Crippen LogP contribution is -2.52. The Balaban J connectivity index is 3.22. The first-order valence-electron chi connectivity index (χ1n) is 6.45. The summed E-state index contributed by atoms with van der Waals surface area (Å²) in [6.07, 6.45) is 3.26. The van der Waals surface area contributed by atoms with E-state index in [2.05, 4.69) is 10.3 Å². The highest BCUT2D eigenvalue weighted by molar-refractivity contribution is 5.36. The molecule has 108 valence electrons. The molecule has 1 heterocycles. The summed E-state index contributed by atoms with van der Waals surface area (Å²) in [6, 6.07) is 0. The Morgan fingerprint density at radius 1 is 1.16 bits per heavy atom. The number of aromatic nitrogens is 2. The number of aliphatic hydroxyl groups is 1. The van der Waals surface area contributed by atoms with Crippen LogP contribution in [0.5, 0.6) is 0 Å². The standard InChI is InChI=1S/C14H25N3O2/c1-12(2,3)17-9-8-15-10(11(17)18)16-13(4,5)14(6,7)19/h8-9,19H,1-7H3,(H,15,16). The maximum absolute atomic E-state index is 12.4. The van der Waals surface area contributed by atoms with Gasteiger partial charge in [-0.05, 0) is 48.5 Å². The Labute approximate surface area is 114 Å². The van der Waals surface area contributed by atoms with Gasteiger partial charge in [-0.25, -0.2) is 4.98 Å². The topological polar surface area (TPSA) is 67.2 Å². The minimum atomic E-state index is -0.983. The first-order valence-corrected chi connectivity index (χ1v) is 6.45. The van der Waals surface area contributed by atoms with E-state index in [1.807, 2.05) is 34.6 Å². The highest BCUT2D eigenvalue weighted by Crippen LogP contribution is 2.24. The molecule has 0 bridgehead atoms. The minimum Gasteiger partial charge on any atom is -0.388 e. The minimum absolute atomic E-state index is 0.188. The van der Waals surface area contributed by atoms with Crippen molar-refractivity contribution in [1.82, 2.24) is 9.55 Å². The van der Waals surface area contributed by atoms with Gasteiger partial charge in [-0.15, -0.1) is 0 Å². The molecule has 1 aromatic heterocycles. The molecule has 0 saturated carbocycles. The third-order valence-electron chi connectivity index (χ3n) is 3.52. The number of hydrogen-bond donors (Lipinski definition) is 2. The Morgan fingerprint density at radius 3 is 2.11 bits per heavy atom. The van der Waals surface area contributed by atoms with Crippen LogP contribution >= 0.6 is 0 Å². The van der Waals surface area contributed by atoms with E-state index < -0.39 is 11.1 Å². The van der Waals surface area contributed by atoms with Gasteiger partial charge in [0.15, 0.2) is 5.82 Å². The lowest BCUT2D eigenvalue weighted by Gasteiger charge is -2.38. The van der Waals surface area contributed by atoms with E-state index >= 15 is 0 Å². The summed E-state index contributed by atoms with van der Waals surface area (Å²) in [4.78, 5) is 16.5. The quantitative estimate of drug-likeness (QED) is 0.878. The van der Waals surface area contributed by atoms with Gasteiger partial charge in [-0.1, -0.05) is 0 Å². The van der Waals surface area contributed by atoms with Crippen molar-refractivity contribution in [1.29, 1.82) is 0 Å². The number of nitrogens with zero attached hydrogens (tertiary/aromatic N) is 2. The number of anilines is 1. The van der Waals surface area contributed by atoms with Gasteiger partial charge >= 0.3 is 0 Å². The number of rotatable bonds is 3. The molecule has 0 aliphatic rings. The molecule has 19 heavy (non-hydrogen) atoms. The SMILES string of the molecule is CC(C)(C)n1ccnc(NC(C)(C)C(C)(C)O)c1=O. The molecule has 1 aromatic rings.